The first-order chi connectivity index (χ1) is 12.2. The van der Waals surface area contributed by atoms with Gasteiger partial charge in [-0.3, -0.25) is 4.79 Å². The Morgan fingerprint density at radius 2 is 2.24 bits per heavy atom. The number of fused-ring (bicyclic) bond motifs is 1. The highest BCUT2D eigenvalue weighted by Crippen LogP contribution is 2.20. The standard InChI is InChI=1S/C18H16N4OS2/c1-12-7-15(18(23)19-8-13-4-6-24-11-13)16-9-20-22(17(16)21-12)10-14-3-2-5-25-14/h2-7,9,11H,8,10H2,1H3,(H,19,23). The molecule has 0 saturated heterocycles. The molecule has 0 bridgehead atoms. The van der Waals surface area contributed by atoms with Crippen molar-refractivity contribution in [1.82, 2.24) is 20.1 Å². The molecule has 0 atom stereocenters. The fraction of sp³-hybridized carbons (Fsp3) is 0.167. The van der Waals surface area contributed by atoms with E-state index in [-0.39, 0.29) is 5.91 Å². The lowest BCUT2D eigenvalue weighted by Gasteiger charge is -2.07. The van der Waals surface area contributed by atoms with Crippen LogP contribution in [0, 0.1) is 6.92 Å². The molecule has 4 heterocycles. The van der Waals surface area contributed by atoms with Crippen molar-refractivity contribution in [2.24, 2.45) is 0 Å². The van der Waals surface area contributed by atoms with Crippen LogP contribution in [0.5, 0.6) is 0 Å². The Labute approximate surface area is 153 Å². The van der Waals surface area contributed by atoms with E-state index in [1.165, 1.54) is 4.88 Å². The summed E-state index contributed by atoms with van der Waals surface area (Å²) >= 11 is 3.31. The number of rotatable bonds is 5. The summed E-state index contributed by atoms with van der Waals surface area (Å²) in [5.41, 5.74) is 3.28. The maximum absolute atomic E-state index is 12.7. The molecule has 1 amide bonds. The average molecular weight is 368 g/mol. The van der Waals surface area contributed by atoms with Gasteiger partial charge in [-0.05, 0) is 46.8 Å². The van der Waals surface area contributed by atoms with E-state index in [1.807, 2.05) is 45.9 Å². The van der Waals surface area contributed by atoms with E-state index >= 15 is 0 Å². The molecule has 4 aromatic heterocycles. The molecular weight excluding hydrogens is 352 g/mol. The number of hydrogen-bond donors (Lipinski definition) is 1. The first kappa shape index (κ1) is 16.0. The largest absolute Gasteiger partial charge is 0.348 e. The van der Waals surface area contributed by atoms with Gasteiger partial charge in [0.25, 0.3) is 5.91 Å². The second-order valence-electron chi connectivity index (χ2n) is 5.74. The summed E-state index contributed by atoms with van der Waals surface area (Å²) < 4.78 is 1.85. The highest BCUT2D eigenvalue weighted by molar-refractivity contribution is 7.09. The lowest BCUT2D eigenvalue weighted by atomic mass is 10.1. The van der Waals surface area contributed by atoms with Crippen LogP contribution in [0.25, 0.3) is 11.0 Å². The first-order valence-electron chi connectivity index (χ1n) is 7.85. The van der Waals surface area contributed by atoms with Crippen LogP contribution in [0.2, 0.25) is 0 Å². The smallest absolute Gasteiger partial charge is 0.252 e. The zero-order valence-corrected chi connectivity index (χ0v) is 15.2. The third-order valence-corrected chi connectivity index (χ3v) is 5.49. The number of amides is 1. The summed E-state index contributed by atoms with van der Waals surface area (Å²) in [6.07, 6.45) is 1.73. The van der Waals surface area contributed by atoms with Crippen molar-refractivity contribution in [3.05, 3.63) is 68.3 Å². The van der Waals surface area contributed by atoms with Gasteiger partial charge in [-0.2, -0.15) is 16.4 Å². The Kier molecular flexibility index (Phi) is 4.33. The number of carbonyl (C=O) groups is 1. The van der Waals surface area contributed by atoms with Gasteiger partial charge in [0.1, 0.15) is 0 Å². The number of thiophene rings is 2. The number of nitrogens with zero attached hydrogens (tertiary/aromatic N) is 3. The third-order valence-electron chi connectivity index (χ3n) is 3.90. The molecule has 1 N–H and O–H groups in total. The molecule has 0 aliphatic rings. The molecule has 5 nitrogen and oxygen atoms in total. The van der Waals surface area contributed by atoms with Crippen molar-refractivity contribution in [3.63, 3.8) is 0 Å². The van der Waals surface area contributed by atoms with Crippen molar-refractivity contribution in [3.8, 4) is 0 Å². The van der Waals surface area contributed by atoms with Crippen LogP contribution in [-0.2, 0) is 13.1 Å². The average Bonchev–Trinajstić information content (AvgIpc) is 3.35. The summed E-state index contributed by atoms with van der Waals surface area (Å²) in [4.78, 5) is 18.5. The summed E-state index contributed by atoms with van der Waals surface area (Å²) in [5, 5.41) is 14.3. The number of pyridine rings is 1. The number of hydrogen-bond acceptors (Lipinski definition) is 5. The molecule has 0 fully saturated rings. The van der Waals surface area contributed by atoms with Gasteiger partial charge in [0, 0.05) is 17.1 Å². The molecule has 7 heteroatoms. The van der Waals surface area contributed by atoms with Crippen LogP contribution >= 0.6 is 22.7 Å². The van der Waals surface area contributed by atoms with Crippen LogP contribution < -0.4 is 5.32 Å². The van der Waals surface area contributed by atoms with Gasteiger partial charge in [-0.15, -0.1) is 11.3 Å². The second kappa shape index (κ2) is 6.78. The van der Waals surface area contributed by atoms with Crippen LogP contribution in [-0.4, -0.2) is 20.7 Å². The van der Waals surface area contributed by atoms with Gasteiger partial charge in [0.05, 0.1) is 23.7 Å². The Morgan fingerprint density at radius 1 is 1.32 bits per heavy atom. The molecule has 0 aliphatic heterocycles. The molecular formula is C18H16N4OS2. The van der Waals surface area contributed by atoms with Gasteiger partial charge in [-0.1, -0.05) is 6.07 Å². The monoisotopic (exact) mass is 368 g/mol. The minimum atomic E-state index is -0.0997. The SMILES string of the molecule is Cc1cc(C(=O)NCc2ccsc2)c2cnn(Cc3cccs3)c2n1. The van der Waals surface area contributed by atoms with Crippen LogP contribution in [0.15, 0.2) is 46.6 Å². The van der Waals surface area contributed by atoms with Gasteiger partial charge < -0.3 is 5.32 Å². The molecule has 0 saturated carbocycles. The fourth-order valence-electron chi connectivity index (χ4n) is 2.70. The molecule has 4 aromatic rings. The molecule has 0 unspecified atom stereocenters. The predicted molar refractivity (Wildman–Crippen MR) is 101 cm³/mol. The fourth-order valence-corrected chi connectivity index (χ4v) is 4.05. The summed E-state index contributed by atoms with van der Waals surface area (Å²) in [5.74, 6) is -0.0997. The molecule has 4 rings (SSSR count). The Bertz CT molecular complexity index is 1000. The second-order valence-corrected chi connectivity index (χ2v) is 7.56. The van der Waals surface area contributed by atoms with Gasteiger partial charge in [-0.25, -0.2) is 9.67 Å². The highest BCUT2D eigenvalue weighted by Gasteiger charge is 2.16. The molecule has 25 heavy (non-hydrogen) atoms. The first-order valence-corrected chi connectivity index (χ1v) is 9.68. The van der Waals surface area contributed by atoms with E-state index in [4.69, 9.17) is 0 Å². The molecule has 0 aromatic carbocycles. The van der Waals surface area contributed by atoms with E-state index in [2.05, 4.69) is 21.5 Å². The Morgan fingerprint density at radius 3 is 3.00 bits per heavy atom. The number of nitrogens with one attached hydrogen (secondary N) is 1. The lowest BCUT2D eigenvalue weighted by molar-refractivity contribution is 0.0952. The van der Waals surface area contributed by atoms with Crippen LogP contribution in [0.1, 0.15) is 26.5 Å². The van der Waals surface area contributed by atoms with E-state index < -0.39 is 0 Å². The normalized spacial score (nSPS) is 11.1. The predicted octanol–water partition coefficient (Wildman–Crippen LogP) is 3.84. The Balaban J connectivity index is 1.64. The van der Waals surface area contributed by atoms with Crippen molar-refractivity contribution >= 4 is 39.6 Å². The van der Waals surface area contributed by atoms with E-state index in [9.17, 15) is 4.79 Å². The quantitative estimate of drug-likeness (QED) is 0.582. The van der Waals surface area contributed by atoms with Crippen molar-refractivity contribution in [2.45, 2.75) is 20.0 Å². The van der Waals surface area contributed by atoms with Gasteiger partial charge in [0.15, 0.2) is 5.65 Å². The van der Waals surface area contributed by atoms with E-state index in [0.717, 1.165) is 22.3 Å². The number of aryl methyl sites for hydroxylation is 1. The van der Waals surface area contributed by atoms with Crippen molar-refractivity contribution in [1.29, 1.82) is 0 Å². The number of aromatic nitrogens is 3. The lowest BCUT2D eigenvalue weighted by Crippen LogP contribution is -2.23. The highest BCUT2D eigenvalue weighted by atomic mass is 32.1. The summed E-state index contributed by atoms with van der Waals surface area (Å²) in [6, 6.07) is 7.93. The van der Waals surface area contributed by atoms with E-state index in [1.54, 1.807) is 28.9 Å². The zero-order chi connectivity index (χ0) is 17.2. The third kappa shape index (κ3) is 3.33. The van der Waals surface area contributed by atoms with Crippen LogP contribution in [0.4, 0.5) is 0 Å². The van der Waals surface area contributed by atoms with Gasteiger partial charge >= 0.3 is 0 Å². The molecule has 126 valence electrons. The molecule has 0 aliphatic carbocycles. The summed E-state index contributed by atoms with van der Waals surface area (Å²) in [7, 11) is 0. The Hall–Kier alpha value is -2.51. The molecule has 0 spiro atoms. The van der Waals surface area contributed by atoms with Crippen molar-refractivity contribution in [2.75, 3.05) is 0 Å². The minimum absolute atomic E-state index is 0.0997. The maximum atomic E-state index is 12.7. The topological polar surface area (TPSA) is 59.8 Å². The van der Waals surface area contributed by atoms with E-state index in [0.29, 0.717) is 18.7 Å². The molecule has 0 radical (unpaired) electrons. The minimum Gasteiger partial charge on any atom is -0.348 e. The van der Waals surface area contributed by atoms with Crippen molar-refractivity contribution < 1.29 is 4.79 Å². The van der Waals surface area contributed by atoms with Crippen LogP contribution in [0.3, 0.4) is 0 Å². The van der Waals surface area contributed by atoms with Gasteiger partial charge in [0.2, 0.25) is 0 Å². The zero-order valence-electron chi connectivity index (χ0n) is 13.6. The summed E-state index contributed by atoms with van der Waals surface area (Å²) in [6.45, 7) is 3.08. The number of carbonyl (C=O) groups excluding carboxylic acids is 1. The maximum Gasteiger partial charge on any atom is 0.252 e.